The minimum Gasteiger partial charge on any atom is -0.361 e. The van der Waals surface area contributed by atoms with E-state index in [1.807, 2.05) is 59.9 Å². The third kappa shape index (κ3) is 5.20. The van der Waals surface area contributed by atoms with Crippen molar-refractivity contribution in [1.29, 1.82) is 0 Å². The number of rotatable bonds is 5. The summed E-state index contributed by atoms with van der Waals surface area (Å²) in [7, 11) is 3.78. The van der Waals surface area contributed by atoms with E-state index in [0.717, 1.165) is 22.6 Å². The molecule has 3 aromatic heterocycles. The highest BCUT2D eigenvalue weighted by atomic mass is 19.4. The van der Waals surface area contributed by atoms with Crippen molar-refractivity contribution in [1.82, 2.24) is 24.9 Å². The van der Waals surface area contributed by atoms with Crippen LogP contribution in [0.1, 0.15) is 0 Å². The molecule has 0 unspecified atom stereocenters. The van der Waals surface area contributed by atoms with Crippen LogP contribution in [-0.2, 0) is 0 Å². The number of aromatic nitrogens is 4. The van der Waals surface area contributed by atoms with Crippen molar-refractivity contribution >= 4 is 23.2 Å². The van der Waals surface area contributed by atoms with Crippen LogP contribution < -0.4 is 15.5 Å². The van der Waals surface area contributed by atoms with Crippen molar-refractivity contribution in [2.45, 2.75) is 6.18 Å². The zero-order valence-corrected chi connectivity index (χ0v) is 17.8. The number of amides is 2. The number of nitrogens with zero attached hydrogens (tertiary/aromatic N) is 5. The predicted octanol–water partition coefficient (Wildman–Crippen LogP) is 4.21. The smallest absolute Gasteiger partial charge is 0.361 e. The van der Waals surface area contributed by atoms with Gasteiger partial charge in [-0.2, -0.15) is 13.2 Å². The number of pyridine rings is 1. The second-order valence-electron chi connectivity index (χ2n) is 7.46. The molecule has 0 saturated heterocycles. The lowest BCUT2D eigenvalue weighted by Gasteiger charge is -2.11. The summed E-state index contributed by atoms with van der Waals surface area (Å²) in [5.41, 5.74) is 4.10. The van der Waals surface area contributed by atoms with Gasteiger partial charge in [-0.3, -0.25) is 4.40 Å². The minimum absolute atomic E-state index is 0.356. The molecule has 0 fully saturated rings. The van der Waals surface area contributed by atoms with E-state index in [1.165, 1.54) is 0 Å². The molecule has 3 heterocycles. The summed E-state index contributed by atoms with van der Waals surface area (Å²) in [6.07, 6.45) is -0.942. The summed E-state index contributed by atoms with van der Waals surface area (Å²) in [4.78, 5) is 18.1. The summed E-state index contributed by atoms with van der Waals surface area (Å²) < 4.78 is 38.7. The molecular weight excluding hydrogens is 435 g/mol. The first-order chi connectivity index (χ1) is 15.7. The fourth-order valence-corrected chi connectivity index (χ4v) is 3.18. The van der Waals surface area contributed by atoms with Gasteiger partial charge in [0.1, 0.15) is 12.2 Å². The minimum atomic E-state index is -4.48. The number of nitrogens with one attached hydrogen (secondary N) is 2. The molecular formula is C22H20F3N7O. The zero-order chi connectivity index (χ0) is 23.6. The molecule has 4 rings (SSSR count). The molecule has 0 aliphatic carbocycles. The average molecular weight is 455 g/mol. The molecule has 1 aromatic carbocycles. The largest absolute Gasteiger partial charge is 0.405 e. The Kier molecular flexibility index (Phi) is 5.86. The summed E-state index contributed by atoms with van der Waals surface area (Å²) in [5.74, 6) is 0.753. The number of carbonyl (C=O) groups is 1. The fourth-order valence-electron chi connectivity index (χ4n) is 3.18. The van der Waals surface area contributed by atoms with Gasteiger partial charge >= 0.3 is 12.2 Å². The molecule has 11 heteroatoms. The molecule has 2 amide bonds. The highest BCUT2D eigenvalue weighted by molar-refractivity contribution is 5.90. The molecule has 0 spiro atoms. The normalized spacial score (nSPS) is 11.4. The van der Waals surface area contributed by atoms with Gasteiger partial charge in [-0.25, -0.2) is 9.78 Å². The lowest BCUT2D eigenvalue weighted by Crippen LogP contribution is -2.36. The van der Waals surface area contributed by atoms with Gasteiger partial charge in [-0.05, 0) is 36.4 Å². The van der Waals surface area contributed by atoms with E-state index in [-0.39, 0.29) is 0 Å². The van der Waals surface area contributed by atoms with Crippen molar-refractivity contribution in [2.75, 3.05) is 30.9 Å². The third-order valence-corrected chi connectivity index (χ3v) is 4.78. The molecule has 4 aromatic rings. The number of imidazole rings is 1. The highest BCUT2D eigenvalue weighted by Crippen LogP contribution is 2.26. The Hall–Kier alpha value is -4.15. The standard InChI is InChI=1S/C22H20F3N7O/c1-31(2)19-7-6-17(29-30-19)14-8-9-32-18(12-26-20(32)11-14)15-4-3-5-16(10-15)28-21(33)27-13-22(23,24)25/h3-12H,13H2,1-2H3,(H2,27,28,33). The Morgan fingerprint density at radius 3 is 2.58 bits per heavy atom. The second kappa shape index (κ2) is 8.77. The molecule has 0 saturated carbocycles. The van der Waals surface area contributed by atoms with Crippen LogP contribution >= 0.6 is 0 Å². The number of fused-ring (bicyclic) bond motifs is 1. The van der Waals surface area contributed by atoms with Crippen LogP contribution in [0, 0.1) is 0 Å². The van der Waals surface area contributed by atoms with Crippen LogP contribution in [0.3, 0.4) is 0 Å². The fraction of sp³-hybridized carbons (Fsp3) is 0.182. The first kappa shape index (κ1) is 22.1. The van der Waals surface area contributed by atoms with Crippen LogP contribution in [-0.4, -0.2) is 52.4 Å². The van der Waals surface area contributed by atoms with E-state index in [1.54, 1.807) is 29.7 Å². The maximum absolute atomic E-state index is 12.3. The number of anilines is 2. The summed E-state index contributed by atoms with van der Waals surface area (Å²) in [6, 6.07) is 13.4. The molecule has 2 N–H and O–H groups in total. The Labute approximate surface area is 187 Å². The summed E-state index contributed by atoms with van der Waals surface area (Å²) in [5, 5.41) is 12.6. The quantitative estimate of drug-likeness (QED) is 0.471. The van der Waals surface area contributed by atoms with Crippen LogP contribution in [0.25, 0.3) is 28.2 Å². The van der Waals surface area contributed by atoms with Crippen LogP contribution in [0.2, 0.25) is 0 Å². The molecule has 33 heavy (non-hydrogen) atoms. The summed E-state index contributed by atoms with van der Waals surface area (Å²) in [6.45, 7) is -1.41. The number of alkyl halides is 3. The number of halogens is 3. The van der Waals surface area contributed by atoms with Gasteiger partial charge < -0.3 is 15.5 Å². The van der Waals surface area contributed by atoms with E-state index >= 15 is 0 Å². The summed E-state index contributed by atoms with van der Waals surface area (Å²) >= 11 is 0. The van der Waals surface area contributed by atoms with Gasteiger partial charge in [-0.1, -0.05) is 12.1 Å². The SMILES string of the molecule is CN(C)c1ccc(-c2ccn3c(-c4cccc(NC(=O)NCC(F)(F)F)c4)cnc3c2)nn1. The molecule has 0 bridgehead atoms. The van der Waals surface area contributed by atoms with Gasteiger partial charge in [0.15, 0.2) is 5.82 Å². The van der Waals surface area contributed by atoms with Crippen LogP contribution in [0.15, 0.2) is 60.9 Å². The average Bonchev–Trinajstić information content (AvgIpc) is 3.21. The molecule has 0 aliphatic heterocycles. The van der Waals surface area contributed by atoms with E-state index in [0.29, 0.717) is 17.0 Å². The van der Waals surface area contributed by atoms with Gasteiger partial charge in [0.05, 0.1) is 17.6 Å². The number of hydrogen-bond acceptors (Lipinski definition) is 5. The van der Waals surface area contributed by atoms with Gasteiger partial charge in [-0.15, -0.1) is 10.2 Å². The van der Waals surface area contributed by atoms with Gasteiger partial charge in [0.25, 0.3) is 0 Å². The van der Waals surface area contributed by atoms with E-state index in [2.05, 4.69) is 20.5 Å². The molecule has 8 nitrogen and oxygen atoms in total. The van der Waals surface area contributed by atoms with Crippen molar-refractivity contribution in [3.05, 3.63) is 60.9 Å². The highest BCUT2D eigenvalue weighted by Gasteiger charge is 2.27. The maximum atomic E-state index is 12.3. The third-order valence-electron chi connectivity index (χ3n) is 4.78. The monoisotopic (exact) mass is 455 g/mol. The topological polar surface area (TPSA) is 87.5 Å². The Balaban J connectivity index is 1.55. The van der Waals surface area contributed by atoms with Crippen LogP contribution in [0.5, 0.6) is 0 Å². The predicted molar refractivity (Wildman–Crippen MR) is 119 cm³/mol. The molecule has 0 aliphatic rings. The van der Waals surface area contributed by atoms with Crippen molar-refractivity contribution in [3.63, 3.8) is 0 Å². The van der Waals surface area contributed by atoms with E-state index in [9.17, 15) is 18.0 Å². The Morgan fingerprint density at radius 2 is 1.88 bits per heavy atom. The number of benzene rings is 1. The first-order valence-electron chi connectivity index (χ1n) is 9.90. The Bertz CT molecular complexity index is 1280. The van der Waals surface area contributed by atoms with Gasteiger partial charge in [0, 0.05) is 37.1 Å². The molecule has 0 atom stereocenters. The van der Waals surface area contributed by atoms with Crippen molar-refractivity contribution in [2.24, 2.45) is 0 Å². The van der Waals surface area contributed by atoms with E-state index in [4.69, 9.17) is 0 Å². The molecule has 0 radical (unpaired) electrons. The Morgan fingerprint density at radius 1 is 1.06 bits per heavy atom. The number of urea groups is 1. The zero-order valence-electron chi connectivity index (χ0n) is 17.8. The number of carbonyl (C=O) groups excluding carboxylic acids is 1. The van der Waals surface area contributed by atoms with E-state index < -0.39 is 18.8 Å². The van der Waals surface area contributed by atoms with Crippen molar-refractivity contribution in [3.8, 4) is 22.5 Å². The van der Waals surface area contributed by atoms with Crippen LogP contribution in [0.4, 0.5) is 29.5 Å². The first-order valence-corrected chi connectivity index (χ1v) is 9.90. The lowest BCUT2D eigenvalue weighted by molar-refractivity contribution is -0.122. The van der Waals surface area contributed by atoms with Gasteiger partial charge in [0.2, 0.25) is 0 Å². The van der Waals surface area contributed by atoms with Crippen molar-refractivity contribution < 1.29 is 18.0 Å². The maximum Gasteiger partial charge on any atom is 0.405 e. The molecule has 170 valence electrons. The number of hydrogen-bond donors (Lipinski definition) is 2. The second-order valence-corrected chi connectivity index (χ2v) is 7.46. The lowest BCUT2D eigenvalue weighted by atomic mass is 10.1.